The third kappa shape index (κ3) is 5.47. The first-order chi connectivity index (χ1) is 13.2. The fraction of sp³-hybridized carbons (Fsp3) is 0.250. The van der Waals surface area contributed by atoms with Gasteiger partial charge in [-0.15, -0.1) is 0 Å². The highest BCUT2D eigenvalue weighted by atomic mass is 16.6. The number of benzene rings is 2. The van der Waals surface area contributed by atoms with Crippen molar-refractivity contribution in [3.05, 3.63) is 68.8 Å². The van der Waals surface area contributed by atoms with Crippen molar-refractivity contribution in [3.8, 4) is 0 Å². The number of amides is 2. The molecule has 2 amide bonds. The van der Waals surface area contributed by atoms with Gasteiger partial charge in [0.15, 0.2) is 0 Å². The van der Waals surface area contributed by atoms with E-state index in [1.807, 2.05) is 32.9 Å². The Hall–Kier alpha value is -3.55. The van der Waals surface area contributed by atoms with Crippen LogP contribution in [-0.2, 0) is 4.79 Å². The summed E-state index contributed by atoms with van der Waals surface area (Å²) >= 11 is 0. The van der Waals surface area contributed by atoms with Gasteiger partial charge in [0, 0.05) is 29.1 Å². The molecule has 0 fully saturated rings. The third-order valence-electron chi connectivity index (χ3n) is 4.03. The van der Waals surface area contributed by atoms with Crippen LogP contribution in [0.25, 0.3) is 0 Å². The van der Waals surface area contributed by atoms with Crippen molar-refractivity contribution < 1.29 is 14.5 Å². The highest BCUT2D eigenvalue weighted by Crippen LogP contribution is 2.22. The summed E-state index contributed by atoms with van der Waals surface area (Å²) in [6.07, 6.45) is 0.00196. The molecule has 2 N–H and O–H groups in total. The lowest BCUT2D eigenvalue weighted by molar-refractivity contribution is -0.384. The Morgan fingerprint density at radius 1 is 1.11 bits per heavy atom. The van der Waals surface area contributed by atoms with Gasteiger partial charge < -0.3 is 5.32 Å². The van der Waals surface area contributed by atoms with Gasteiger partial charge in [0.2, 0.25) is 5.91 Å². The molecule has 0 bridgehead atoms. The smallest absolute Gasteiger partial charge is 0.271 e. The minimum Gasteiger partial charge on any atom is -0.325 e. The normalized spacial score (nSPS) is 11.1. The highest BCUT2D eigenvalue weighted by Gasteiger charge is 2.12. The number of anilines is 1. The van der Waals surface area contributed by atoms with E-state index in [-0.39, 0.29) is 23.6 Å². The number of nitrogens with zero attached hydrogens (tertiary/aromatic N) is 2. The van der Waals surface area contributed by atoms with Gasteiger partial charge in [-0.05, 0) is 44.9 Å². The summed E-state index contributed by atoms with van der Waals surface area (Å²) in [7, 11) is 0. The van der Waals surface area contributed by atoms with Crippen molar-refractivity contribution >= 4 is 28.9 Å². The Labute approximate surface area is 162 Å². The Kier molecular flexibility index (Phi) is 6.59. The van der Waals surface area contributed by atoms with Crippen LogP contribution >= 0.6 is 0 Å². The molecular weight excluding hydrogens is 360 g/mol. The second kappa shape index (κ2) is 8.90. The Bertz CT molecular complexity index is 943. The van der Waals surface area contributed by atoms with E-state index in [0.717, 1.165) is 28.4 Å². The zero-order valence-electron chi connectivity index (χ0n) is 16.2. The monoisotopic (exact) mass is 382 g/mol. The van der Waals surface area contributed by atoms with Gasteiger partial charge in [0.1, 0.15) is 0 Å². The van der Waals surface area contributed by atoms with E-state index in [0.29, 0.717) is 5.71 Å². The molecule has 8 heteroatoms. The summed E-state index contributed by atoms with van der Waals surface area (Å²) in [4.78, 5) is 34.6. The first kappa shape index (κ1) is 20.8. The number of rotatable bonds is 6. The second-order valence-electron chi connectivity index (χ2n) is 6.59. The van der Waals surface area contributed by atoms with Crippen molar-refractivity contribution in [2.24, 2.45) is 5.10 Å². The molecule has 8 nitrogen and oxygen atoms in total. The lowest BCUT2D eigenvalue weighted by Crippen LogP contribution is -2.22. The predicted octanol–water partition coefficient (Wildman–Crippen LogP) is 3.65. The minimum absolute atomic E-state index is 0.00196. The number of hydrogen-bond donors (Lipinski definition) is 2. The van der Waals surface area contributed by atoms with Gasteiger partial charge in [-0.3, -0.25) is 19.7 Å². The second-order valence-corrected chi connectivity index (χ2v) is 6.59. The van der Waals surface area contributed by atoms with Crippen LogP contribution in [0.15, 0.2) is 41.5 Å². The van der Waals surface area contributed by atoms with Crippen LogP contribution in [0.4, 0.5) is 11.4 Å². The molecule has 0 atom stereocenters. The van der Waals surface area contributed by atoms with E-state index in [1.165, 1.54) is 18.2 Å². The maximum Gasteiger partial charge on any atom is 0.271 e. The van der Waals surface area contributed by atoms with E-state index < -0.39 is 10.8 Å². The van der Waals surface area contributed by atoms with Crippen LogP contribution in [0.1, 0.15) is 40.4 Å². The van der Waals surface area contributed by atoms with E-state index in [1.54, 1.807) is 6.92 Å². The summed E-state index contributed by atoms with van der Waals surface area (Å²) in [5, 5.41) is 17.6. The molecule has 0 aliphatic rings. The molecular formula is C20H22N4O4. The van der Waals surface area contributed by atoms with Gasteiger partial charge in [0.25, 0.3) is 11.6 Å². The van der Waals surface area contributed by atoms with Gasteiger partial charge in [-0.1, -0.05) is 23.8 Å². The molecule has 0 aliphatic carbocycles. The molecule has 146 valence electrons. The Morgan fingerprint density at radius 3 is 2.36 bits per heavy atom. The van der Waals surface area contributed by atoms with Crippen LogP contribution in [0.3, 0.4) is 0 Å². The standard InChI is InChI=1S/C20H22N4O4/c1-12-8-13(2)19(14(3)9-12)21-18(25)10-15(4)22-23-20(26)16-6-5-7-17(11-16)24(27)28/h5-9,11H,10H2,1-4H3,(H,21,25)(H,23,26)/b22-15-. The van der Waals surface area contributed by atoms with E-state index in [2.05, 4.69) is 15.8 Å². The lowest BCUT2D eigenvalue weighted by Gasteiger charge is -2.12. The number of nitro groups is 1. The molecule has 0 saturated heterocycles. The molecule has 0 aromatic heterocycles. The topological polar surface area (TPSA) is 114 Å². The number of hydrazone groups is 1. The predicted molar refractivity (Wildman–Crippen MR) is 108 cm³/mol. The minimum atomic E-state index is -0.589. The SMILES string of the molecule is C/C(CC(=O)Nc1c(C)cc(C)cc1C)=N/NC(=O)c1cccc([N+](=O)[O-])c1. The summed E-state index contributed by atoms with van der Waals surface area (Å²) < 4.78 is 0. The number of aryl methyl sites for hydroxylation is 3. The molecule has 0 heterocycles. The van der Waals surface area contributed by atoms with Crippen molar-refractivity contribution in [2.75, 3.05) is 5.32 Å². The summed E-state index contributed by atoms with van der Waals surface area (Å²) in [5.74, 6) is -0.838. The number of hydrogen-bond acceptors (Lipinski definition) is 5. The van der Waals surface area contributed by atoms with Crippen LogP contribution in [0.2, 0.25) is 0 Å². The van der Waals surface area contributed by atoms with Crippen LogP contribution < -0.4 is 10.7 Å². The van der Waals surface area contributed by atoms with Crippen molar-refractivity contribution in [2.45, 2.75) is 34.1 Å². The van der Waals surface area contributed by atoms with E-state index in [9.17, 15) is 19.7 Å². The molecule has 0 unspecified atom stereocenters. The summed E-state index contributed by atoms with van der Waals surface area (Å²) in [5.41, 5.74) is 6.47. The first-order valence-electron chi connectivity index (χ1n) is 8.63. The molecule has 0 saturated carbocycles. The number of nitrogens with one attached hydrogen (secondary N) is 2. The van der Waals surface area contributed by atoms with Gasteiger partial charge >= 0.3 is 0 Å². The fourth-order valence-electron chi connectivity index (χ4n) is 2.80. The molecule has 0 aliphatic heterocycles. The van der Waals surface area contributed by atoms with E-state index in [4.69, 9.17) is 0 Å². The Balaban J connectivity index is 1.99. The quantitative estimate of drug-likeness (QED) is 0.451. The average molecular weight is 382 g/mol. The molecule has 28 heavy (non-hydrogen) atoms. The van der Waals surface area contributed by atoms with Gasteiger partial charge in [-0.2, -0.15) is 5.10 Å². The first-order valence-corrected chi connectivity index (χ1v) is 8.63. The van der Waals surface area contributed by atoms with Gasteiger partial charge in [0.05, 0.1) is 11.3 Å². The molecule has 0 radical (unpaired) electrons. The number of non-ortho nitro benzene ring substituents is 1. The highest BCUT2D eigenvalue weighted by molar-refractivity contribution is 6.06. The molecule has 0 spiro atoms. The van der Waals surface area contributed by atoms with Gasteiger partial charge in [-0.25, -0.2) is 5.43 Å². The molecule has 2 aromatic rings. The maximum atomic E-state index is 12.3. The van der Waals surface area contributed by atoms with Crippen molar-refractivity contribution in [1.82, 2.24) is 5.43 Å². The zero-order chi connectivity index (χ0) is 20.8. The number of carbonyl (C=O) groups is 2. The average Bonchev–Trinajstić information content (AvgIpc) is 2.62. The third-order valence-corrected chi connectivity index (χ3v) is 4.03. The van der Waals surface area contributed by atoms with Crippen molar-refractivity contribution in [3.63, 3.8) is 0 Å². The number of carbonyl (C=O) groups excluding carboxylic acids is 2. The van der Waals surface area contributed by atoms with Crippen LogP contribution in [0, 0.1) is 30.9 Å². The van der Waals surface area contributed by atoms with E-state index >= 15 is 0 Å². The van der Waals surface area contributed by atoms with Crippen LogP contribution in [-0.4, -0.2) is 22.4 Å². The summed E-state index contributed by atoms with van der Waals surface area (Å²) in [6, 6.07) is 9.30. The fourth-order valence-corrected chi connectivity index (χ4v) is 2.80. The maximum absolute atomic E-state index is 12.3. The van der Waals surface area contributed by atoms with Crippen LogP contribution in [0.5, 0.6) is 0 Å². The zero-order valence-corrected chi connectivity index (χ0v) is 16.2. The number of nitro benzene ring substituents is 1. The van der Waals surface area contributed by atoms with Crippen molar-refractivity contribution in [1.29, 1.82) is 0 Å². The largest absolute Gasteiger partial charge is 0.325 e. The molecule has 2 aromatic carbocycles. The molecule has 2 rings (SSSR count). The summed E-state index contributed by atoms with van der Waals surface area (Å²) in [6.45, 7) is 7.46. The Morgan fingerprint density at radius 2 is 1.75 bits per heavy atom. The lowest BCUT2D eigenvalue weighted by atomic mass is 10.0.